The quantitative estimate of drug-likeness (QED) is 0.642. The lowest BCUT2D eigenvalue weighted by molar-refractivity contribution is -0.385. The van der Waals surface area contributed by atoms with Crippen LogP contribution in [-0.4, -0.2) is 11.5 Å². The van der Waals surface area contributed by atoms with E-state index < -0.39 is 4.92 Å². The van der Waals surface area contributed by atoms with Gasteiger partial charge in [-0.2, -0.15) is 0 Å². The fourth-order valence-electron chi connectivity index (χ4n) is 1.40. The van der Waals surface area contributed by atoms with E-state index in [-0.39, 0.29) is 24.1 Å². The third kappa shape index (κ3) is 4.59. The molecule has 1 rings (SSSR count). The fourth-order valence-corrected chi connectivity index (χ4v) is 1.80. The number of nitrogens with two attached hydrogens (primary N) is 2. The van der Waals surface area contributed by atoms with Crippen molar-refractivity contribution in [2.45, 2.75) is 18.9 Å². The van der Waals surface area contributed by atoms with Crippen LogP contribution in [0.5, 0.6) is 0 Å². The van der Waals surface area contributed by atoms with E-state index >= 15 is 0 Å². The van der Waals surface area contributed by atoms with Gasteiger partial charge in [-0.1, -0.05) is 6.07 Å². The number of benzene rings is 1. The maximum atomic E-state index is 10.7. The topological polar surface area (TPSA) is 95.2 Å². The van der Waals surface area contributed by atoms with Gasteiger partial charge in [0.15, 0.2) is 0 Å². The normalized spacial score (nSPS) is 11.7. The van der Waals surface area contributed by atoms with Crippen molar-refractivity contribution < 1.29 is 4.92 Å². The van der Waals surface area contributed by atoms with Crippen LogP contribution >= 0.6 is 28.3 Å². The fraction of sp³-hybridized carbons (Fsp3) is 0.400. The van der Waals surface area contributed by atoms with Gasteiger partial charge in [-0.05, 0) is 46.9 Å². The first-order valence-corrected chi connectivity index (χ1v) is 5.75. The lowest BCUT2D eigenvalue weighted by Crippen LogP contribution is -2.12. The van der Waals surface area contributed by atoms with E-state index in [4.69, 9.17) is 11.5 Å². The largest absolute Gasteiger partial charge is 0.330 e. The molecule has 0 aliphatic rings. The van der Waals surface area contributed by atoms with Crippen molar-refractivity contribution >= 4 is 34.0 Å². The summed E-state index contributed by atoms with van der Waals surface area (Å²) >= 11 is 3.13. The summed E-state index contributed by atoms with van der Waals surface area (Å²) in [6.45, 7) is 0.576. The second kappa shape index (κ2) is 7.60. The monoisotopic (exact) mass is 323 g/mol. The highest BCUT2D eigenvalue weighted by molar-refractivity contribution is 9.10. The molecule has 0 heterocycles. The predicted octanol–water partition coefficient (Wildman–Crippen LogP) is 2.52. The number of hydrogen-bond donors (Lipinski definition) is 2. The smallest absolute Gasteiger partial charge is 0.283 e. The van der Waals surface area contributed by atoms with Gasteiger partial charge in [0.2, 0.25) is 0 Å². The molecule has 0 fully saturated rings. The van der Waals surface area contributed by atoms with Crippen LogP contribution in [0.15, 0.2) is 22.7 Å². The molecule has 1 aromatic rings. The van der Waals surface area contributed by atoms with Crippen molar-refractivity contribution in [1.82, 2.24) is 0 Å². The summed E-state index contributed by atoms with van der Waals surface area (Å²) < 4.78 is 0.465. The standard InChI is InChI=1S/C10H14BrN3O2.ClH/c11-8-4-3-7(6-10(8)14(15)16)9(13)2-1-5-12;/h3-4,6,9H,1-2,5,12-13H2;1H/t9-;/m1./s1. The Balaban J connectivity index is 0.00000256. The third-order valence-corrected chi connectivity index (χ3v) is 2.98. The maximum absolute atomic E-state index is 10.7. The first-order chi connectivity index (χ1) is 7.56. The van der Waals surface area contributed by atoms with Gasteiger partial charge in [0.25, 0.3) is 5.69 Å². The Morgan fingerprint density at radius 3 is 2.65 bits per heavy atom. The summed E-state index contributed by atoms with van der Waals surface area (Å²) in [7, 11) is 0. The van der Waals surface area contributed by atoms with E-state index in [0.29, 0.717) is 11.0 Å². The van der Waals surface area contributed by atoms with Crippen LogP contribution in [0.4, 0.5) is 5.69 Å². The number of nitro benzene ring substituents is 1. The van der Waals surface area contributed by atoms with Gasteiger partial charge >= 0.3 is 0 Å². The molecule has 0 saturated carbocycles. The van der Waals surface area contributed by atoms with E-state index in [1.807, 2.05) is 0 Å². The molecule has 0 aliphatic carbocycles. The number of rotatable bonds is 5. The molecular weight excluding hydrogens is 309 g/mol. The summed E-state index contributed by atoms with van der Waals surface area (Å²) in [5, 5.41) is 10.7. The van der Waals surface area contributed by atoms with Crippen molar-refractivity contribution in [2.24, 2.45) is 11.5 Å². The van der Waals surface area contributed by atoms with Crippen LogP contribution in [0, 0.1) is 10.1 Å². The molecule has 7 heteroatoms. The second-order valence-electron chi connectivity index (χ2n) is 3.51. The van der Waals surface area contributed by atoms with Crippen molar-refractivity contribution in [1.29, 1.82) is 0 Å². The molecule has 0 aromatic heterocycles. The molecule has 0 radical (unpaired) electrons. The van der Waals surface area contributed by atoms with Crippen molar-refractivity contribution in [2.75, 3.05) is 6.54 Å². The summed E-state index contributed by atoms with van der Waals surface area (Å²) in [5.74, 6) is 0. The highest BCUT2D eigenvalue weighted by Crippen LogP contribution is 2.28. The summed E-state index contributed by atoms with van der Waals surface area (Å²) in [5.41, 5.74) is 12.1. The second-order valence-corrected chi connectivity index (χ2v) is 4.36. The first-order valence-electron chi connectivity index (χ1n) is 4.95. The van der Waals surface area contributed by atoms with Crippen LogP contribution in [0.25, 0.3) is 0 Å². The number of hydrogen-bond acceptors (Lipinski definition) is 4. The average molecular weight is 325 g/mol. The minimum absolute atomic E-state index is 0. The molecule has 0 amide bonds. The van der Waals surface area contributed by atoms with Crippen molar-refractivity contribution in [3.8, 4) is 0 Å². The lowest BCUT2D eigenvalue weighted by Gasteiger charge is -2.11. The molecule has 0 unspecified atom stereocenters. The molecule has 0 spiro atoms. The average Bonchev–Trinajstić information content (AvgIpc) is 2.26. The molecule has 0 saturated heterocycles. The minimum atomic E-state index is -0.427. The lowest BCUT2D eigenvalue weighted by atomic mass is 10.0. The molecule has 17 heavy (non-hydrogen) atoms. The Morgan fingerprint density at radius 2 is 2.12 bits per heavy atom. The van der Waals surface area contributed by atoms with Crippen LogP contribution in [0.2, 0.25) is 0 Å². The van der Waals surface area contributed by atoms with Gasteiger partial charge in [-0.3, -0.25) is 10.1 Å². The van der Waals surface area contributed by atoms with Crippen LogP contribution in [-0.2, 0) is 0 Å². The Bertz CT molecular complexity index is 390. The molecule has 1 atom stereocenters. The first kappa shape index (κ1) is 16.3. The zero-order valence-corrected chi connectivity index (χ0v) is 11.5. The number of nitrogens with zero attached hydrogens (tertiary/aromatic N) is 1. The van der Waals surface area contributed by atoms with Crippen LogP contribution in [0.1, 0.15) is 24.4 Å². The molecule has 0 bridgehead atoms. The van der Waals surface area contributed by atoms with E-state index in [0.717, 1.165) is 18.4 Å². The molecule has 96 valence electrons. The predicted molar refractivity (Wildman–Crippen MR) is 73.3 cm³/mol. The Labute approximate surface area is 114 Å². The number of nitro groups is 1. The third-order valence-electron chi connectivity index (χ3n) is 2.31. The maximum Gasteiger partial charge on any atom is 0.283 e. The molecule has 5 nitrogen and oxygen atoms in total. The van der Waals surface area contributed by atoms with Gasteiger partial charge < -0.3 is 11.5 Å². The van der Waals surface area contributed by atoms with Crippen molar-refractivity contribution in [3.05, 3.63) is 38.3 Å². The molecule has 0 aliphatic heterocycles. The van der Waals surface area contributed by atoms with Gasteiger partial charge in [0, 0.05) is 12.1 Å². The summed E-state index contributed by atoms with van der Waals surface area (Å²) in [6.07, 6.45) is 1.54. The number of halogens is 2. The van der Waals surface area contributed by atoms with Crippen LogP contribution < -0.4 is 11.5 Å². The Kier molecular flexibility index (Phi) is 7.29. The molecule has 1 aromatic carbocycles. The van der Waals surface area contributed by atoms with Gasteiger partial charge in [0.1, 0.15) is 0 Å². The van der Waals surface area contributed by atoms with Gasteiger partial charge in [0.05, 0.1) is 9.40 Å². The molecular formula is C10H15BrClN3O2. The van der Waals surface area contributed by atoms with E-state index in [1.54, 1.807) is 12.1 Å². The minimum Gasteiger partial charge on any atom is -0.330 e. The van der Waals surface area contributed by atoms with E-state index in [2.05, 4.69) is 15.9 Å². The summed E-state index contributed by atoms with van der Waals surface area (Å²) in [6, 6.07) is 4.75. The highest BCUT2D eigenvalue weighted by Gasteiger charge is 2.15. The SMILES string of the molecule is Cl.NCCC[C@@H](N)c1ccc(Br)c([N+](=O)[O-])c1. The van der Waals surface area contributed by atoms with E-state index in [9.17, 15) is 10.1 Å². The van der Waals surface area contributed by atoms with E-state index in [1.165, 1.54) is 6.07 Å². The van der Waals surface area contributed by atoms with Crippen molar-refractivity contribution in [3.63, 3.8) is 0 Å². The Hall–Kier alpha value is -0.690. The highest BCUT2D eigenvalue weighted by atomic mass is 79.9. The van der Waals surface area contributed by atoms with Gasteiger partial charge in [-0.25, -0.2) is 0 Å². The van der Waals surface area contributed by atoms with Gasteiger partial charge in [-0.15, -0.1) is 12.4 Å². The molecule has 4 N–H and O–H groups in total. The summed E-state index contributed by atoms with van der Waals surface area (Å²) in [4.78, 5) is 10.3. The van der Waals surface area contributed by atoms with Crippen LogP contribution in [0.3, 0.4) is 0 Å². The zero-order chi connectivity index (χ0) is 12.1. The Morgan fingerprint density at radius 1 is 1.47 bits per heavy atom. The zero-order valence-electron chi connectivity index (χ0n) is 9.14.